The monoisotopic (exact) mass is 349 g/mol. The number of nitrogens with one attached hydrogen (secondary N) is 1. The lowest BCUT2D eigenvalue weighted by Crippen LogP contribution is -2.29. The molecule has 7 heteroatoms. The third kappa shape index (κ3) is 3.28. The number of fused-ring (bicyclic) bond motifs is 1. The predicted molar refractivity (Wildman–Crippen MR) is 92.4 cm³/mol. The van der Waals surface area contributed by atoms with E-state index in [9.17, 15) is 9.59 Å². The van der Waals surface area contributed by atoms with Gasteiger partial charge in [-0.15, -0.1) is 0 Å². The number of aromatic nitrogens is 2. The highest BCUT2D eigenvalue weighted by Gasteiger charge is 2.28. The van der Waals surface area contributed by atoms with Gasteiger partial charge in [-0.05, 0) is 38.1 Å². The van der Waals surface area contributed by atoms with E-state index in [1.807, 2.05) is 6.92 Å². The Labute approximate surface area is 143 Å². The Hall–Kier alpha value is -1.79. The van der Waals surface area contributed by atoms with Gasteiger partial charge in [-0.2, -0.15) is 0 Å². The van der Waals surface area contributed by atoms with E-state index in [-0.39, 0.29) is 23.9 Å². The molecule has 23 heavy (non-hydrogen) atoms. The van der Waals surface area contributed by atoms with Gasteiger partial charge in [-0.3, -0.25) is 14.2 Å². The number of aryl methyl sites for hydroxylation is 1. The Morgan fingerprint density at radius 2 is 2.09 bits per heavy atom. The SMILES string of the molecule is Cc1nc2n(c(=O)c1C)C(CC(=O)Nc1ccc(Cl)cc1)CS2. The Morgan fingerprint density at radius 1 is 1.39 bits per heavy atom. The highest BCUT2D eigenvalue weighted by atomic mass is 35.5. The van der Waals surface area contributed by atoms with Crippen LogP contribution in [0.15, 0.2) is 34.2 Å². The summed E-state index contributed by atoms with van der Waals surface area (Å²) in [6, 6.07) is 6.77. The summed E-state index contributed by atoms with van der Waals surface area (Å²) in [6.07, 6.45) is 0.243. The van der Waals surface area contributed by atoms with Crippen molar-refractivity contribution in [2.75, 3.05) is 11.1 Å². The van der Waals surface area contributed by atoms with E-state index in [1.54, 1.807) is 35.8 Å². The summed E-state index contributed by atoms with van der Waals surface area (Å²) in [5.41, 5.74) is 2.03. The van der Waals surface area contributed by atoms with Crippen LogP contribution in [0.2, 0.25) is 5.02 Å². The van der Waals surface area contributed by atoms with Crippen molar-refractivity contribution in [3.05, 3.63) is 50.9 Å². The maximum atomic E-state index is 12.4. The molecule has 1 N–H and O–H groups in total. The average Bonchev–Trinajstić information content (AvgIpc) is 2.90. The molecular formula is C16H16ClN3O2S. The minimum absolute atomic E-state index is 0.0539. The molecule has 1 atom stereocenters. The second-order valence-corrected chi connectivity index (χ2v) is 6.93. The van der Waals surface area contributed by atoms with E-state index in [1.165, 1.54) is 11.8 Å². The highest BCUT2D eigenvalue weighted by Crippen LogP contribution is 2.32. The van der Waals surface area contributed by atoms with Gasteiger partial charge in [0.25, 0.3) is 5.56 Å². The summed E-state index contributed by atoms with van der Waals surface area (Å²) in [5.74, 6) is 0.551. The number of hydrogen-bond donors (Lipinski definition) is 1. The molecule has 1 unspecified atom stereocenters. The van der Waals surface area contributed by atoms with E-state index in [4.69, 9.17) is 11.6 Å². The summed E-state index contributed by atoms with van der Waals surface area (Å²) in [5, 5.41) is 4.14. The van der Waals surface area contributed by atoms with Gasteiger partial charge in [0, 0.05) is 34.1 Å². The van der Waals surface area contributed by atoms with Crippen molar-refractivity contribution in [1.29, 1.82) is 0 Å². The van der Waals surface area contributed by atoms with Crippen LogP contribution in [0.4, 0.5) is 5.69 Å². The smallest absolute Gasteiger partial charge is 0.257 e. The number of rotatable bonds is 3. The number of amides is 1. The summed E-state index contributed by atoms with van der Waals surface area (Å²) in [6.45, 7) is 3.60. The molecule has 0 saturated heterocycles. The maximum absolute atomic E-state index is 12.4. The third-order valence-electron chi connectivity index (χ3n) is 3.87. The molecule has 0 saturated carbocycles. The van der Waals surface area contributed by atoms with Crippen molar-refractivity contribution in [2.24, 2.45) is 0 Å². The topological polar surface area (TPSA) is 64.0 Å². The lowest BCUT2D eigenvalue weighted by Gasteiger charge is -2.14. The first-order valence-electron chi connectivity index (χ1n) is 7.23. The molecule has 1 aromatic carbocycles. The van der Waals surface area contributed by atoms with Crippen LogP contribution >= 0.6 is 23.4 Å². The lowest BCUT2D eigenvalue weighted by molar-refractivity contribution is -0.116. The minimum atomic E-state index is -0.165. The van der Waals surface area contributed by atoms with E-state index in [0.29, 0.717) is 27.2 Å². The third-order valence-corrected chi connectivity index (χ3v) is 5.22. The zero-order valence-electron chi connectivity index (χ0n) is 12.8. The van der Waals surface area contributed by atoms with Crippen molar-refractivity contribution in [2.45, 2.75) is 31.5 Å². The first-order valence-corrected chi connectivity index (χ1v) is 8.60. The number of anilines is 1. The quantitative estimate of drug-likeness (QED) is 0.864. The lowest BCUT2D eigenvalue weighted by atomic mass is 10.2. The summed E-state index contributed by atoms with van der Waals surface area (Å²) < 4.78 is 1.65. The van der Waals surface area contributed by atoms with Crippen LogP contribution < -0.4 is 10.9 Å². The van der Waals surface area contributed by atoms with Gasteiger partial charge in [0.2, 0.25) is 5.91 Å². The molecule has 120 valence electrons. The van der Waals surface area contributed by atoms with Crippen LogP contribution in [0.5, 0.6) is 0 Å². The summed E-state index contributed by atoms with van der Waals surface area (Å²) in [4.78, 5) is 29.1. The van der Waals surface area contributed by atoms with Crippen LogP contribution in [0, 0.1) is 13.8 Å². The molecule has 1 aliphatic rings. The van der Waals surface area contributed by atoms with Crippen molar-refractivity contribution in [3.8, 4) is 0 Å². The molecule has 5 nitrogen and oxygen atoms in total. The van der Waals surface area contributed by atoms with E-state index >= 15 is 0 Å². The zero-order chi connectivity index (χ0) is 16.6. The van der Waals surface area contributed by atoms with Crippen LogP contribution in [0.3, 0.4) is 0 Å². The number of carbonyl (C=O) groups is 1. The second kappa shape index (κ2) is 6.37. The number of halogens is 1. The average molecular weight is 350 g/mol. The largest absolute Gasteiger partial charge is 0.326 e. The van der Waals surface area contributed by atoms with Gasteiger partial charge in [-0.1, -0.05) is 23.4 Å². The fraction of sp³-hybridized carbons (Fsp3) is 0.312. The summed E-state index contributed by atoms with van der Waals surface area (Å²) >= 11 is 7.34. The normalized spacial score (nSPS) is 16.2. The van der Waals surface area contributed by atoms with Gasteiger partial charge in [0.15, 0.2) is 5.16 Å². The number of carbonyl (C=O) groups excluding carboxylic acids is 1. The maximum Gasteiger partial charge on any atom is 0.257 e. The van der Waals surface area contributed by atoms with Crippen LogP contribution in [0.1, 0.15) is 23.7 Å². The number of nitrogens with zero attached hydrogens (tertiary/aromatic N) is 2. The first-order chi connectivity index (χ1) is 11.0. The fourth-order valence-corrected chi connectivity index (χ4v) is 3.79. The first kappa shape index (κ1) is 16.1. The molecule has 0 spiro atoms. The van der Waals surface area contributed by atoms with Crippen molar-refractivity contribution in [1.82, 2.24) is 9.55 Å². The zero-order valence-corrected chi connectivity index (χ0v) is 14.4. The van der Waals surface area contributed by atoms with Gasteiger partial charge in [-0.25, -0.2) is 4.98 Å². The van der Waals surface area contributed by atoms with Gasteiger partial charge < -0.3 is 5.32 Å². The highest BCUT2D eigenvalue weighted by molar-refractivity contribution is 7.99. The molecule has 0 fully saturated rings. The number of thioether (sulfide) groups is 1. The van der Waals surface area contributed by atoms with Crippen molar-refractivity contribution >= 4 is 35.0 Å². The Balaban J connectivity index is 1.76. The molecule has 3 rings (SSSR count). The molecule has 1 aliphatic heterocycles. The van der Waals surface area contributed by atoms with Crippen LogP contribution in [-0.2, 0) is 4.79 Å². The molecule has 2 aromatic rings. The van der Waals surface area contributed by atoms with Crippen molar-refractivity contribution < 1.29 is 4.79 Å². The second-order valence-electron chi connectivity index (χ2n) is 5.50. The standard InChI is InChI=1S/C16H16ClN3O2S/c1-9-10(2)18-16-20(15(9)22)13(8-23-16)7-14(21)19-12-5-3-11(17)4-6-12/h3-6,13H,7-8H2,1-2H3,(H,19,21). The number of benzene rings is 1. The number of hydrogen-bond acceptors (Lipinski definition) is 4. The predicted octanol–water partition coefficient (Wildman–Crippen LogP) is 3.19. The molecule has 0 bridgehead atoms. The van der Waals surface area contributed by atoms with Gasteiger partial charge in [0.1, 0.15) is 0 Å². The molecular weight excluding hydrogens is 334 g/mol. The minimum Gasteiger partial charge on any atom is -0.326 e. The van der Waals surface area contributed by atoms with Crippen molar-refractivity contribution in [3.63, 3.8) is 0 Å². The van der Waals surface area contributed by atoms with Crippen LogP contribution in [0.25, 0.3) is 0 Å². The molecule has 0 aliphatic carbocycles. The molecule has 1 aromatic heterocycles. The Morgan fingerprint density at radius 3 is 2.78 bits per heavy atom. The Bertz CT molecular complexity index is 817. The summed E-state index contributed by atoms with van der Waals surface area (Å²) in [7, 11) is 0. The molecule has 1 amide bonds. The molecule has 2 heterocycles. The van der Waals surface area contributed by atoms with Gasteiger partial charge >= 0.3 is 0 Å². The van der Waals surface area contributed by atoms with E-state index < -0.39 is 0 Å². The Kier molecular flexibility index (Phi) is 4.46. The van der Waals surface area contributed by atoms with Gasteiger partial charge in [0.05, 0.1) is 6.04 Å². The van der Waals surface area contributed by atoms with E-state index in [2.05, 4.69) is 10.3 Å². The fourth-order valence-electron chi connectivity index (χ4n) is 2.48. The van der Waals surface area contributed by atoms with Crippen LogP contribution in [-0.4, -0.2) is 21.2 Å². The van der Waals surface area contributed by atoms with E-state index in [0.717, 1.165) is 5.69 Å². The molecule has 0 radical (unpaired) electrons.